The third kappa shape index (κ3) is 5.55. The van der Waals surface area contributed by atoms with Gasteiger partial charge in [-0.05, 0) is 42.7 Å². The second-order valence-electron chi connectivity index (χ2n) is 10.4. The fourth-order valence-corrected chi connectivity index (χ4v) is 5.14. The maximum atomic E-state index is 11.5. The summed E-state index contributed by atoms with van der Waals surface area (Å²) in [6.45, 7) is 23.2. The van der Waals surface area contributed by atoms with Crippen LogP contribution in [0.25, 0.3) is 0 Å². The number of carboxylic acid groups (broad SMARTS) is 1. The van der Waals surface area contributed by atoms with Gasteiger partial charge in [-0.1, -0.05) is 41.5 Å². The van der Waals surface area contributed by atoms with E-state index in [4.69, 9.17) is 8.85 Å². The van der Waals surface area contributed by atoms with Gasteiger partial charge in [-0.2, -0.15) is 0 Å². The van der Waals surface area contributed by atoms with Crippen LogP contribution < -0.4 is 0 Å². The van der Waals surface area contributed by atoms with Gasteiger partial charge in [0.15, 0.2) is 16.6 Å². The maximum Gasteiger partial charge on any atom is 0.407 e. The topological polar surface area (TPSA) is 59.0 Å². The van der Waals surface area contributed by atoms with Crippen LogP contribution in [0.3, 0.4) is 0 Å². The number of nitrogens with zero attached hydrogens (tertiary/aromatic N) is 1. The third-order valence-electron chi connectivity index (χ3n) is 6.27. The Kier molecular flexibility index (Phi) is 6.64. The van der Waals surface area contributed by atoms with Crippen LogP contribution in [-0.2, 0) is 8.85 Å². The smallest absolute Gasteiger partial charge is 0.407 e. The van der Waals surface area contributed by atoms with E-state index in [9.17, 15) is 9.90 Å². The van der Waals surface area contributed by atoms with Crippen molar-refractivity contribution in [3.63, 3.8) is 0 Å². The molecule has 0 aromatic heterocycles. The molecular formula is C18H39NO4Si2. The summed E-state index contributed by atoms with van der Waals surface area (Å²) in [5.41, 5.74) is 0. The summed E-state index contributed by atoms with van der Waals surface area (Å²) in [5, 5.41) is 9.62. The highest BCUT2D eigenvalue weighted by Crippen LogP contribution is 2.41. The van der Waals surface area contributed by atoms with Crippen LogP contribution in [0.1, 0.15) is 48.0 Å². The molecule has 1 heterocycles. The van der Waals surface area contributed by atoms with E-state index in [1.54, 1.807) is 0 Å². The predicted octanol–water partition coefficient (Wildman–Crippen LogP) is 5.15. The summed E-state index contributed by atoms with van der Waals surface area (Å²) in [6, 6.07) is 0. The van der Waals surface area contributed by atoms with Gasteiger partial charge in [0, 0.05) is 6.54 Å². The van der Waals surface area contributed by atoms with E-state index in [0.717, 1.165) is 0 Å². The quantitative estimate of drug-likeness (QED) is 0.675. The van der Waals surface area contributed by atoms with Crippen molar-refractivity contribution in [3.05, 3.63) is 0 Å². The molecule has 0 radical (unpaired) electrons. The highest BCUT2D eigenvalue weighted by molar-refractivity contribution is 6.74. The van der Waals surface area contributed by atoms with Crippen molar-refractivity contribution in [1.82, 2.24) is 4.90 Å². The van der Waals surface area contributed by atoms with Crippen LogP contribution in [0.5, 0.6) is 0 Å². The Morgan fingerprint density at radius 2 is 1.32 bits per heavy atom. The Bertz CT molecular complexity index is 480. The lowest BCUT2D eigenvalue weighted by molar-refractivity contribution is -0.0193. The molecule has 0 aromatic rings. The fraction of sp³-hybridized carbons (Fsp3) is 0.944. The number of hydrogen-bond acceptors (Lipinski definition) is 3. The van der Waals surface area contributed by atoms with Crippen LogP contribution in [0.2, 0.25) is 36.3 Å². The van der Waals surface area contributed by atoms with Crippen LogP contribution in [0.4, 0.5) is 4.79 Å². The molecule has 1 amide bonds. The molecule has 1 rings (SSSR count). The normalized spacial score (nSPS) is 23.7. The molecular weight excluding hydrogens is 350 g/mol. The molecule has 1 aliphatic rings. The van der Waals surface area contributed by atoms with Crippen molar-refractivity contribution in [3.8, 4) is 0 Å². The van der Waals surface area contributed by atoms with E-state index in [2.05, 4.69) is 67.7 Å². The lowest BCUT2D eigenvalue weighted by atomic mass is 10.1. The van der Waals surface area contributed by atoms with Gasteiger partial charge in [0.1, 0.15) is 0 Å². The first kappa shape index (κ1) is 22.7. The molecule has 1 N–H and O–H groups in total. The van der Waals surface area contributed by atoms with Crippen molar-refractivity contribution in [1.29, 1.82) is 0 Å². The molecule has 0 aliphatic carbocycles. The molecule has 0 unspecified atom stereocenters. The highest BCUT2D eigenvalue weighted by Gasteiger charge is 2.46. The van der Waals surface area contributed by atoms with Gasteiger partial charge in [0.2, 0.25) is 0 Å². The van der Waals surface area contributed by atoms with E-state index in [-0.39, 0.29) is 22.3 Å². The maximum absolute atomic E-state index is 11.5. The number of amides is 1. The molecule has 1 fully saturated rings. The van der Waals surface area contributed by atoms with Crippen LogP contribution in [0, 0.1) is 0 Å². The second kappa shape index (κ2) is 7.33. The average Bonchev–Trinajstić information content (AvgIpc) is 2.37. The lowest BCUT2D eigenvalue weighted by Gasteiger charge is -2.48. The summed E-state index contributed by atoms with van der Waals surface area (Å²) in [7, 11) is -3.94. The molecule has 2 atom stereocenters. The molecule has 1 saturated heterocycles. The number of piperidine rings is 1. The Morgan fingerprint density at radius 3 is 1.68 bits per heavy atom. The molecule has 7 heteroatoms. The highest BCUT2D eigenvalue weighted by atomic mass is 28.4. The molecule has 0 aromatic carbocycles. The fourth-order valence-electron chi connectivity index (χ4n) is 2.43. The van der Waals surface area contributed by atoms with Crippen molar-refractivity contribution in [2.24, 2.45) is 0 Å². The molecule has 0 saturated carbocycles. The summed E-state index contributed by atoms with van der Waals surface area (Å²) in [5.74, 6) is 0. The van der Waals surface area contributed by atoms with E-state index < -0.39 is 22.7 Å². The molecule has 0 spiro atoms. The number of carbonyl (C=O) groups is 1. The first-order chi connectivity index (χ1) is 11.0. The van der Waals surface area contributed by atoms with Crippen LogP contribution in [0.15, 0.2) is 0 Å². The predicted molar refractivity (Wildman–Crippen MR) is 108 cm³/mol. The van der Waals surface area contributed by atoms with Crippen molar-refractivity contribution in [2.75, 3.05) is 13.1 Å². The largest absolute Gasteiger partial charge is 0.465 e. The first-order valence-electron chi connectivity index (χ1n) is 9.31. The SMILES string of the molecule is CC(C)(C)[Si](C)(C)O[C@H]1CCN(C(=O)O)C[C@@H]1O[Si](C)(C)C(C)(C)C. The van der Waals surface area contributed by atoms with Gasteiger partial charge >= 0.3 is 6.09 Å². The Morgan fingerprint density at radius 1 is 0.920 bits per heavy atom. The zero-order valence-corrected chi connectivity index (χ0v) is 19.9. The van der Waals surface area contributed by atoms with Crippen molar-refractivity contribution in [2.45, 2.75) is 96.4 Å². The molecule has 1 aliphatic heterocycles. The van der Waals surface area contributed by atoms with Gasteiger partial charge in [-0.25, -0.2) is 4.79 Å². The lowest BCUT2D eigenvalue weighted by Crippen LogP contribution is -2.58. The number of hydrogen-bond donors (Lipinski definition) is 1. The third-order valence-corrected chi connectivity index (χ3v) is 15.3. The van der Waals surface area contributed by atoms with Crippen molar-refractivity contribution >= 4 is 22.7 Å². The van der Waals surface area contributed by atoms with Gasteiger partial charge in [-0.15, -0.1) is 0 Å². The van der Waals surface area contributed by atoms with E-state index in [0.29, 0.717) is 19.5 Å². The first-order valence-corrected chi connectivity index (χ1v) is 15.1. The summed E-state index contributed by atoms with van der Waals surface area (Å²) in [4.78, 5) is 12.9. The molecule has 148 valence electrons. The van der Waals surface area contributed by atoms with Gasteiger partial charge in [0.25, 0.3) is 0 Å². The monoisotopic (exact) mass is 389 g/mol. The number of likely N-dealkylation sites (tertiary alicyclic amines) is 1. The van der Waals surface area contributed by atoms with Crippen LogP contribution in [-0.4, -0.2) is 58.0 Å². The summed E-state index contributed by atoms with van der Waals surface area (Å²) in [6.07, 6.45) is -0.363. The van der Waals surface area contributed by atoms with E-state index in [1.807, 2.05) is 0 Å². The zero-order chi connectivity index (χ0) is 19.8. The molecule has 25 heavy (non-hydrogen) atoms. The Balaban J connectivity index is 3.03. The standard InChI is InChI=1S/C18H39NO4Si2/c1-17(2,3)24(7,8)22-14-11-12-19(16(20)21)13-15(14)23-25(9,10)18(4,5)6/h14-15H,11-13H2,1-10H3,(H,20,21)/t14-,15-/m0/s1. The van der Waals surface area contributed by atoms with E-state index in [1.165, 1.54) is 4.90 Å². The van der Waals surface area contributed by atoms with Gasteiger partial charge in [0.05, 0.1) is 18.8 Å². The molecule has 5 nitrogen and oxygen atoms in total. The second-order valence-corrected chi connectivity index (χ2v) is 19.9. The minimum absolute atomic E-state index is 0.0226. The molecule has 0 bridgehead atoms. The van der Waals surface area contributed by atoms with Gasteiger partial charge in [-0.3, -0.25) is 0 Å². The van der Waals surface area contributed by atoms with Crippen molar-refractivity contribution < 1.29 is 18.8 Å². The van der Waals surface area contributed by atoms with E-state index >= 15 is 0 Å². The van der Waals surface area contributed by atoms with Gasteiger partial charge < -0.3 is 18.9 Å². The summed E-state index contributed by atoms with van der Waals surface area (Å²) < 4.78 is 13.3. The zero-order valence-electron chi connectivity index (χ0n) is 17.9. The minimum atomic E-state index is -2.00. The minimum Gasteiger partial charge on any atom is -0.465 e. The summed E-state index contributed by atoms with van der Waals surface area (Å²) >= 11 is 0. The Hall–Kier alpha value is -0.376. The average molecular weight is 390 g/mol. The Labute approximate surface area is 156 Å². The van der Waals surface area contributed by atoms with Crippen LogP contribution >= 0.6 is 0 Å². The number of rotatable bonds is 4.